The molecular formula is C20H22O5. The van der Waals surface area contributed by atoms with Crippen LogP contribution in [-0.4, -0.2) is 31.9 Å². The molecule has 2 atom stereocenters. The van der Waals surface area contributed by atoms with Gasteiger partial charge in [-0.05, 0) is 36.8 Å². The fourth-order valence-corrected chi connectivity index (χ4v) is 3.39. The van der Waals surface area contributed by atoms with Crippen LogP contribution in [0.15, 0.2) is 42.5 Å². The van der Waals surface area contributed by atoms with Crippen molar-refractivity contribution in [3.63, 3.8) is 0 Å². The molecule has 0 radical (unpaired) electrons. The Labute approximate surface area is 147 Å². The van der Waals surface area contributed by atoms with E-state index in [0.29, 0.717) is 24.3 Å². The minimum Gasteiger partial charge on any atom is -0.497 e. The number of hydrogen-bond acceptors (Lipinski definition) is 4. The molecule has 0 saturated carbocycles. The molecule has 0 amide bonds. The summed E-state index contributed by atoms with van der Waals surface area (Å²) in [5, 5.41) is 9.97. The smallest absolute Gasteiger partial charge is 0.340 e. The second-order valence-corrected chi connectivity index (χ2v) is 6.32. The van der Waals surface area contributed by atoms with Gasteiger partial charge in [-0.2, -0.15) is 0 Å². The quantitative estimate of drug-likeness (QED) is 0.901. The third kappa shape index (κ3) is 3.07. The first-order valence-electron chi connectivity index (χ1n) is 8.16. The molecule has 2 aromatic rings. The van der Waals surface area contributed by atoms with Crippen LogP contribution in [0.1, 0.15) is 29.0 Å². The van der Waals surface area contributed by atoms with E-state index in [-0.39, 0.29) is 5.92 Å². The number of aryl methyl sites for hydroxylation is 1. The molecule has 1 aliphatic rings. The summed E-state index contributed by atoms with van der Waals surface area (Å²) in [7, 11) is 3.16. The van der Waals surface area contributed by atoms with Crippen molar-refractivity contribution >= 4 is 5.97 Å². The minimum absolute atomic E-state index is 0.00720. The lowest BCUT2D eigenvalue weighted by Crippen LogP contribution is -2.35. The fourth-order valence-electron chi connectivity index (χ4n) is 3.39. The van der Waals surface area contributed by atoms with E-state index < -0.39 is 11.6 Å². The standard InChI is InChI=1S/C20H22O5/c1-13-4-9-18(24-3)17(10-13)20(19(21)22)11-15(12-25-20)14-5-7-16(23-2)8-6-14/h4-10,15H,11-12H2,1-3H3,(H,21,22)/t15?,20-/m1/s1. The topological polar surface area (TPSA) is 65.0 Å². The van der Waals surface area contributed by atoms with Crippen molar-refractivity contribution in [2.45, 2.75) is 24.9 Å². The summed E-state index contributed by atoms with van der Waals surface area (Å²) in [6, 6.07) is 13.2. The molecule has 0 bridgehead atoms. The maximum atomic E-state index is 12.2. The molecule has 1 N–H and O–H groups in total. The highest BCUT2D eigenvalue weighted by molar-refractivity contribution is 5.81. The van der Waals surface area contributed by atoms with E-state index in [4.69, 9.17) is 14.2 Å². The number of aliphatic carboxylic acids is 1. The Morgan fingerprint density at radius 3 is 2.48 bits per heavy atom. The summed E-state index contributed by atoms with van der Waals surface area (Å²) in [6.45, 7) is 2.27. The largest absolute Gasteiger partial charge is 0.497 e. The summed E-state index contributed by atoms with van der Waals surface area (Å²) in [4.78, 5) is 12.2. The third-order valence-corrected chi connectivity index (χ3v) is 4.79. The average molecular weight is 342 g/mol. The average Bonchev–Trinajstić information content (AvgIpc) is 3.08. The van der Waals surface area contributed by atoms with Crippen LogP contribution in [0.5, 0.6) is 11.5 Å². The summed E-state index contributed by atoms with van der Waals surface area (Å²) in [6.07, 6.45) is 0.356. The molecule has 0 spiro atoms. The number of hydrogen-bond donors (Lipinski definition) is 1. The highest BCUT2D eigenvalue weighted by Gasteiger charge is 2.50. The lowest BCUT2D eigenvalue weighted by molar-refractivity contribution is -0.161. The molecule has 0 aromatic heterocycles. The zero-order valence-corrected chi connectivity index (χ0v) is 14.6. The van der Waals surface area contributed by atoms with Crippen LogP contribution < -0.4 is 9.47 Å². The van der Waals surface area contributed by atoms with Gasteiger partial charge in [0.2, 0.25) is 0 Å². The van der Waals surface area contributed by atoms with E-state index in [2.05, 4.69) is 0 Å². The first kappa shape index (κ1) is 17.3. The van der Waals surface area contributed by atoms with Gasteiger partial charge in [0.05, 0.1) is 20.8 Å². The van der Waals surface area contributed by atoms with Crippen molar-refractivity contribution in [1.82, 2.24) is 0 Å². The van der Waals surface area contributed by atoms with Crippen molar-refractivity contribution in [3.8, 4) is 11.5 Å². The van der Waals surface area contributed by atoms with Gasteiger partial charge >= 0.3 is 5.97 Å². The third-order valence-electron chi connectivity index (χ3n) is 4.79. The van der Waals surface area contributed by atoms with Crippen molar-refractivity contribution < 1.29 is 24.1 Å². The highest BCUT2D eigenvalue weighted by atomic mass is 16.5. The van der Waals surface area contributed by atoms with Gasteiger partial charge in [-0.25, -0.2) is 4.79 Å². The molecule has 5 nitrogen and oxygen atoms in total. The minimum atomic E-state index is -1.40. The number of rotatable bonds is 5. The molecule has 132 valence electrons. The second-order valence-electron chi connectivity index (χ2n) is 6.32. The summed E-state index contributed by atoms with van der Waals surface area (Å²) < 4.78 is 16.5. The van der Waals surface area contributed by atoms with Gasteiger partial charge in [-0.1, -0.05) is 23.8 Å². The van der Waals surface area contributed by atoms with E-state index in [1.165, 1.54) is 0 Å². The van der Waals surface area contributed by atoms with Gasteiger partial charge in [-0.15, -0.1) is 0 Å². The Kier molecular flexibility index (Phi) is 4.68. The normalized spacial score (nSPS) is 22.6. The molecule has 1 unspecified atom stereocenters. The molecule has 1 saturated heterocycles. The Hall–Kier alpha value is -2.53. The van der Waals surface area contributed by atoms with Gasteiger partial charge in [-0.3, -0.25) is 0 Å². The SMILES string of the molecule is COc1ccc(C2CO[C@@](C(=O)O)(c3cc(C)ccc3OC)C2)cc1. The Balaban J connectivity index is 1.98. The monoisotopic (exact) mass is 342 g/mol. The fraction of sp³-hybridized carbons (Fsp3) is 0.350. The molecule has 5 heteroatoms. The zero-order valence-electron chi connectivity index (χ0n) is 14.6. The Morgan fingerprint density at radius 2 is 1.88 bits per heavy atom. The maximum absolute atomic E-state index is 12.2. The highest BCUT2D eigenvalue weighted by Crippen LogP contribution is 2.46. The van der Waals surface area contributed by atoms with E-state index in [0.717, 1.165) is 16.9 Å². The van der Waals surface area contributed by atoms with Crippen LogP contribution in [-0.2, 0) is 15.1 Å². The van der Waals surface area contributed by atoms with Crippen LogP contribution in [0.3, 0.4) is 0 Å². The first-order valence-corrected chi connectivity index (χ1v) is 8.16. The van der Waals surface area contributed by atoms with Gasteiger partial charge in [0, 0.05) is 17.9 Å². The van der Waals surface area contributed by atoms with E-state index >= 15 is 0 Å². The maximum Gasteiger partial charge on any atom is 0.340 e. The van der Waals surface area contributed by atoms with Gasteiger partial charge < -0.3 is 19.3 Å². The summed E-state index contributed by atoms with van der Waals surface area (Å²) >= 11 is 0. The number of carboxylic acid groups (broad SMARTS) is 1. The molecule has 1 aliphatic heterocycles. The first-order chi connectivity index (χ1) is 12.0. The molecule has 25 heavy (non-hydrogen) atoms. The van der Waals surface area contributed by atoms with E-state index in [1.807, 2.05) is 43.3 Å². The van der Waals surface area contributed by atoms with Crippen LogP contribution in [0.4, 0.5) is 0 Å². The molecule has 1 heterocycles. The Bertz CT molecular complexity index is 768. The predicted molar refractivity (Wildman–Crippen MR) is 93.3 cm³/mol. The van der Waals surface area contributed by atoms with Crippen LogP contribution >= 0.6 is 0 Å². The van der Waals surface area contributed by atoms with E-state index in [9.17, 15) is 9.90 Å². The van der Waals surface area contributed by atoms with Crippen molar-refractivity contribution in [1.29, 1.82) is 0 Å². The number of benzene rings is 2. The number of carboxylic acids is 1. The van der Waals surface area contributed by atoms with Crippen molar-refractivity contribution in [3.05, 3.63) is 59.2 Å². The summed E-state index contributed by atoms with van der Waals surface area (Å²) in [5.74, 6) is 0.301. The molecule has 1 fully saturated rings. The lowest BCUT2D eigenvalue weighted by atomic mass is 9.83. The summed E-state index contributed by atoms with van der Waals surface area (Å²) in [5.41, 5.74) is 1.17. The molecular weight excluding hydrogens is 320 g/mol. The number of carbonyl (C=O) groups is 1. The van der Waals surface area contributed by atoms with Gasteiger partial charge in [0.15, 0.2) is 5.60 Å². The van der Waals surface area contributed by atoms with Crippen LogP contribution in [0.25, 0.3) is 0 Å². The molecule has 2 aromatic carbocycles. The lowest BCUT2D eigenvalue weighted by Gasteiger charge is -2.26. The van der Waals surface area contributed by atoms with Gasteiger partial charge in [0.25, 0.3) is 0 Å². The number of ether oxygens (including phenoxy) is 3. The Morgan fingerprint density at radius 1 is 1.16 bits per heavy atom. The van der Waals surface area contributed by atoms with E-state index in [1.54, 1.807) is 20.3 Å². The van der Waals surface area contributed by atoms with Crippen molar-refractivity contribution in [2.75, 3.05) is 20.8 Å². The van der Waals surface area contributed by atoms with Crippen molar-refractivity contribution in [2.24, 2.45) is 0 Å². The second kappa shape index (κ2) is 6.76. The molecule has 0 aliphatic carbocycles. The van der Waals surface area contributed by atoms with Gasteiger partial charge in [0.1, 0.15) is 11.5 Å². The molecule has 3 rings (SSSR count). The zero-order chi connectivity index (χ0) is 18.0. The van der Waals surface area contributed by atoms with Crippen LogP contribution in [0.2, 0.25) is 0 Å². The predicted octanol–water partition coefficient (Wildman–Crippen LogP) is 3.50. The van der Waals surface area contributed by atoms with Crippen LogP contribution in [0, 0.1) is 6.92 Å². The number of methoxy groups -OCH3 is 2.